The third kappa shape index (κ3) is 3.53. The summed E-state index contributed by atoms with van der Waals surface area (Å²) < 4.78 is 27.2. The SMILES string of the molecule is CC(CN(C)CCO)NC1(c2cc(F)ccc2F)CC1. The molecule has 0 saturated heterocycles. The zero-order chi connectivity index (χ0) is 14.8. The van der Waals surface area contributed by atoms with Crippen LogP contribution in [0.5, 0.6) is 0 Å². The van der Waals surface area contributed by atoms with E-state index in [2.05, 4.69) is 5.32 Å². The molecule has 1 saturated carbocycles. The summed E-state index contributed by atoms with van der Waals surface area (Å²) in [5.41, 5.74) is 0.000204. The first-order valence-electron chi connectivity index (χ1n) is 6.99. The first-order chi connectivity index (χ1) is 9.47. The maximum Gasteiger partial charge on any atom is 0.128 e. The quantitative estimate of drug-likeness (QED) is 0.802. The molecule has 0 aromatic heterocycles. The maximum atomic E-state index is 13.9. The highest BCUT2D eigenvalue weighted by Crippen LogP contribution is 2.47. The molecule has 1 unspecified atom stereocenters. The van der Waals surface area contributed by atoms with Crippen molar-refractivity contribution in [1.29, 1.82) is 0 Å². The fraction of sp³-hybridized carbons (Fsp3) is 0.600. The van der Waals surface area contributed by atoms with Crippen LogP contribution in [0.25, 0.3) is 0 Å². The second-order valence-corrected chi connectivity index (χ2v) is 5.74. The molecule has 0 aliphatic heterocycles. The third-order valence-electron chi connectivity index (χ3n) is 3.78. The third-order valence-corrected chi connectivity index (χ3v) is 3.78. The monoisotopic (exact) mass is 284 g/mol. The van der Waals surface area contributed by atoms with Crippen molar-refractivity contribution in [3.8, 4) is 0 Å². The molecule has 1 aromatic rings. The minimum Gasteiger partial charge on any atom is -0.395 e. The first-order valence-corrected chi connectivity index (χ1v) is 6.99. The van der Waals surface area contributed by atoms with Gasteiger partial charge in [-0.15, -0.1) is 0 Å². The van der Waals surface area contributed by atoms with Gasteiger partial charge in [0, 0.05) is 30.2 Å². The number of benzene rings is 1. The Morgan fingerprint density at radius 1 is 1.40 bits per heavy atom. The van der Waals surface area contributed by atoms with Gasteiger partial charge in [0.1, 0.15) is 11.6 Å². The van der Waals surface area contributed by atoms with Gasteiger partial charge < -0.3 is 15.3 Å². The molecule has 0 bridgehead atoms. The topological polar surface area (TPSA) is 35.5 Å². The summed E-state index contributed by atoms with van der Waals surface area (Å²) in [5.74, 6) is -0.758. The molecule has 0 amide bonds. The highest BCUT2D eigenvalue weighted by molar-refractivity contribution is 5.32. The second-order valence-electron chi connectivity index (χ2n) is 5.74. The molecule has 0 spiro atoms. The van der Waals surface area contributed by atoms with Crippen LogP contribution in [0.2, 0.25) is 0 Å². The summed E-state index contributed by atoms with van der Waals surface area (Å²) >= 11 is 0. The van der Waals surface area contributed by atoms with Crippen molar-refractivity contribution in [3.05, 3.63) is 35.4 Å². The minimum absolute atomic E-state index is 0.118. The fourth-order valence-electron chi connectivity index (χ4n) is 2.73. The molecule has 1 aromatic carbocycles. The van der Waals surface area contributed by atoms with Crippen LogP contribution in [-0.4, -0.2) is 42.8 Å². The predicted octanol–water partition coefficient (Wildman–Crippen LogP) is 1.86. The maximum absolute atomic E-state index is 13.9. The number of aliphatic hydroxyl groups excluding tert-OH is 1. The van der Waals surface area contributed by atoms with Crippen LogP contribution in [0.1, 0.15) is 25.3 Å². The average molecular weight is 284 g/mol. The Balaban J connectivity index is 2.03. The zero-order valence-electron chi connectivity index (χ0n) is 12.0. The van der Waals surface area contributed by atoms with Gasteiger partial charge in [-0.2, -0.15) is 0 Å². The lowest BCUT2D eigenvalue weighted by Crippen LogP contribution is -2.44. The van der Waals surface area contributed by atoms with Crippen LogP contribution >= 0.6 is 0 Å². The summed E-state index contributed by atoms with van der Waals surface area (Å²) in [6.45, 7) is 3.49. The number of nitrogens with zero attached hydrogens (tertiary/aromatic N) is 1. The van der Waals surface area contributed by atoms with E-state index in [9.17, 15) is 8.78 Å². The summed E-state index contributed by atoms with van der Waals surface area (Å²) in [5, 5.41) is 12.3. The van der Waals surface area contributed by atoms with Crippen LogP contribution in [0.4, 0.5) is 8.78 Å². The van der Waals surface area contributed by atoms with E-state index in [1.807, 2.05) is 18.9 Å². The molecule has 5 heteroatoms. The normalized spacial score (nSPS) is 18.3. The van der Waals surface area contributed by atoms with E-state index < -0.39 is 11.4 Å². The van der Waals surface area contributed by atoms with Gasteiger partial charge in [0.2, 0.25) is 0 Å². The van der Waals surface area contributed by atoms with E-state index in [1.54, 1.807) is 0 Å². The van der Waals surface area contributed by atoms with Crippen molar-refractivity contribution in [2.45, 2.75) is 31.3 Å². The first kappa shape index (κ1) is 15.4. The van der Waals surface area contributed by atoms with E-state index in [4.69, 9.17) is 5.11 Å². The standard InChI is InChI=1S/C15H22F2N2O/c1-11(10-19(2)7-8-20)18-15(5-6-15)13-9-12(16)3-4-14(13)17/h3-4,9,11,18,20H,5-8,10H2,1-2H3. The Morgan fingerprint density at radius 3 is 2.70 bits per heavy atom. The summed E-state index contributed by atoms with van der Waals surface area (Å²) in [6.07, 6.45) is 1.64. The zero-order valence-corrected chi connectivity index (χ0v) is 12.0. The lowest BCUT2D eigenvalue weighted by molar-refractivity contribution is 0.206. The highest BCUT2D eigenvalue weighted by Gasteiger charge is 2.46. The van der Waals surface area contributed by atoms with Gasteiger partial charge in [0.05, 0.1) is 6.61 Å². The molecule has 3 nitrogen and oxygen atoms in total. The molecule has 0 heterocycles. The van der Waals surface area contributed by atoms with Gasteiger partial charge in [0.15, 0.2) is 0 Å². The van der Waals surface area contributed by atoms with Crippen LogP contribution in [0, 0.1) is 11.6 Å². The van der Waals surface area contributed by atoms with Gasteiger partial charge >= 0.3 is 0 Å². The largest absolute Gasteiger partial charge is 0.395 e. The Kier molecular flexibility index (Phi) is 4.73. The van der Waals surface area contributed by atoms with Gasteiger partial charge in [-0.05, 0) is 45.0 Å². The van der Waals surface area contributed by atoms with Crippen LogP contribution in [0.3, 0.4) is 0 Å². The van der Waals surface area contributed by atoms with Crippen LogP contribution in [-0.2, 0) is 5.54 Å². The molecule has 0 radical (unpaired) electrons. The summed E-state index contributed by atoms with van der Waals surface area (Å²) in [7, 11) is 1.93. The van der Waals surface area contributed by atoms with Crippen LogP contribution < -0.4 is 5.32 Å². The molecule has 1 fully saturated rings. The van der Waals surface area contributed by atoms with Crippen molar-refractivity contribution in [2.75, 3.05) is 26.7 Å². The van der Waals surface area contributed by atoms with E-state index in [0.29, 0.717) is 12.1 Å². The Morgan fingerprint density at radius 2 is 2.10 bits per heavy atom. The smallest absolute Gasteiger partial charge is 0.128 e. The number of halogens is 2. The predicted molar refractivity (Wildman–Crippen MR) is 74.5 cm³/mol. The number of rotatable bonds is 7. The molecule has 20 heavy (non-hydrogen) atoms. The van der Waals surface area contributed by atoms with Crippen molar-refractivity contribution < 1.29 is 13.9 Å². The van der Waals surface area contributed by atoms with E-state index in [0.717, 1.165) is 25.5 Å². The molecular weight excluding hydrogens is 262 g/mol. The highest BCUT2D eigenvalue weighted by atomic mass is 19.1. The van der Waals surface area contributed by atoms with Gasteiger partial charge in [-0.25, -0.2) is 8.78 Å². The molecule has 1 aliphatic carbocycles. The van der Waals surface area contributed by atoms with Crippen molar-refractivity contribution in [1.82, 2.24) is 10.2 Å². The summed E-state index contributed by atoms with van der Waals surface area (Å²) in [6, 6.07) is 3.76. The number of nitrogens with one attached hydrogen (secondary N) is 1. The molecule has 2 N–H and O–H groups in total. The molecule has 1 aliphatic rings. The van der Waals surface area contributed by atoms with E-state index in [1.165, 1.54) is 12.1 Å². The Labute approximate surface area is 118 Å². The second kappa shape index (κ2) is 6.16. The number of hydrogen-bond acceptors (Lipinski definition) is 3. The molecule has 2 rings (SSSR count). The Hall–Kier alpha value is -1.04. The summed E-state index contributed by atoms with van der Waals surface area (Å²) in [4.78, 5) is 2.01. The average Bonchev–Trinajstić information content (AvgIpc) is 3.13. The van der Waals surface area contributed by atoms with Crippen LogP contribution in [0.15, 0.2) is 18.2 Å². The lowest BCUT2D eigenvalue weighted by atomic mass is 10.0. The van der Waals surface area contributed by atoms with Gasteiger partial charge in [-0.3, -0.25) is 0 Å². The molecular formula is C15H22F2N2O. The molecule has 1 atom stereocenters. The number of aliphatic hydroxyl groups is 1. The van der Waals surface area contributed by atoms with Crippen molar-refractivity contribution in [2.24, 2.45) is 0 Å². The number of likely N-dealkylation sites (N-methyl/N-ethyl adjacent to an activating group) is 1. The van der Waals surface area contributed by atoms with Crippen molar-refractivity contribution >= 4 is 0 Å². The number of hydrogen-bond donors (Lipinski definition) is 2. The van der Waals surface area contributed by atoms with Gasteiger partial charge in [-0.1, -0.05) is 0 Å². The fourth-order valence-corrected chi connectivity index (χ4v) is 2.73. The van der Waals surface area contributed by atoms with Crippen molar-refractivity contribution in [3.63, 3.8) is 0 Å². The van der Waals surface area contributed by atoms with E-state index in [-0.39, 0.29) is 18.5 Å². The Bertz CT molecular complexity index is 463. The van der Waals surface area contributed by atoms with E-state index >= 15 is 0 Å². The minimum atomic E-state index is -0.425. The van der Waals surface area contributed by atoms with Gasteiger partial charge in [0.25, 0.3) is 0 Å². The lowest BCUT2D eigenvalue weighted by Gasteiger charge is -2.27. The molecule has 112 valence electrons.